The van der Waals surface area contributed by atoms with Gasteiger partial charge in [0, 0.05) is 22.7 Å². The van der Waals surface area contributed by atoms with E-state index in [-0.39, 0.29) is 0 Å². The van der Waals surface area contributed by atoms with Crippen molar-refractivity contribution in [3.8, 4) is 0 Å². The molecule has 1 aliphatic rings. The molecular weight excluding hydrogens is 252 g/mol. The Labute approximate surface area is 99.6 Å². The van der Waals surface area contributed by atoms with E-state index in [0.717, 1.165) is 11.0 Å². The predicted molar refractivity (Wildman–Crippen MR) is 68.4 cm³/mol. The van der Waals surface area contributed by atoms with Gasteiger partial charge >= 0.3 is 0 Å². The van der Waals surface area contributed by atoms with Crippen molar-refractivity contribution < 1.29 is 0 Å². The first-order chi connectivity index (χ1) is 7.25. The smallest absolute Gasteiger partial charge is 0.0485 e. The Bertz CT molecular complexity index is 332. The summed E-state index contributed by atoms with van der Waals surface area (Å²) in [6.07, 6.45) is 2.60. The van der Waals surface area contributed by atoms with E-state index in [2.05, 4.69) is 51.7 Å². The minimum atomic E-state index is 0.637. The Morgan fingerprint density at radius 1 is 1.53 bits per heavy atom. The van der Waals surface area contributed by atoms with Gasteiger partial charge in [-0.3, -0.25) is 0 Å². The molecule has 1 fully saturated rings. The molecule has 0 unspecified atom stereocenters. The van der Waals surface area contributed by atoms with Gasteiger partial charge in [-0.05, 0) is 59.9 Å². The molecule has 0 aromatic heterocycles. The molecule has 0 aliphatic carbocycles. The third kappa shape index (κ3) is 2.95. The van der Waals surface area contributed by atoms with Crippen LogP contribution in [0.15, 0.2) is 22.7 Å². The van der Waals surface area contributed by atoms with Gasteiger partial charge in [0.05, 0.1) is 0 Å². The summed E-state index contributed by atoms with van der Waals surface area (Å²) < 4.78 is 1.15. The summed E-state index contributed by atoms with van der Waals surface area (Å²) >= 11 is 3.57. The number of aryl methyl sites for hydroxylation is 1. The van der Waals surface area contributed by atoms with Crippen molar-refractivity contribution >= 4 is 21.6 Å². The molecule has 1 aliphatic heterocycles. The van der Waals surface area contributed by atoms with E-state index in [1.165, 1.54) is 30.6 Å². The van der Waals surface area contributed by atoms with Crippen LogP contribution in [0.4, 0.5) is 5.69 Å². The lowest BCUT2D eigenvalue weighted by molar-refractivity contribution is 0.633. The zero-order valence-electron chi connectivity index (χ0n) is 9.02. The monoisotopic (exact) mass is 268 g/mol. The summed E-state index contributed by atoms with van der Waals surface area (Å²) in [5.74, 6) is 0. The van der Waals surface area contributed by atoms with E-state index >= 15 is 0 Å². The summed E-state index contributed by atoms with van der Waals surface area (Å²) in [5, 5.41) is 6.95. The molecule has 0 amide bonds. The molecule has 2 rings (SSSR count). The van der Waals surface area contributed by atoms with E-state index < -0.39 is 0 Å². The number of benzene rings is 1. The highest BCUT2D eigenvalue weighted by Gasteiger charge is 2.13. The van der Waals surface area contributed by atoms with Crippen LogP contribution < -0.4 is 10.6 Å². The van der Waals surface area contributed by atoms with Gasteiger partial charge in [-0.25, -0.2) is 0 Å². The molecular formula is C12H17BrN2. The van der Waals surface area contributed by atoms with Crippen LogP contribution in [0.2, 0.25) is 0 Å². The van der Waals surface area contributed by atoms with Gasteiger partial charge in [0.25, 0.3) is 0 Å². The number of halogens is 1. The van der Waals surface area contributed by atoms with Crippen LogP contribution in [0.3, 0.4) is 0 Å². The van der Waals surface area contributed by atoms with Crippen LogP contribution in [-0.4, -0.2) is 19.1 Å². The number of nitrogens with one attached hydrogen (secondary N) is 2. The average molecular weight is 269 g/mol. The Hall–Kier alpha value is -0.540. The molecule has 0 saturated carbocycles. The second-order valence-corrected chi connectivity index (χ2v) is 5.01. The summed E-state index contributed by atoms with van der Waals surface area (Å²) in [5.41, 5.74) is 2.47. The van der Waals surface area contributed by atoms with Gasteiger partial charge in [-0.2, -0.15) is 0 Å². The molecule has 1 atom stereocenters. The summed E-state index contributed by atoms with van der Waals surface area (Å²) in [7, 11) is 0. The van der Waals surface area contributed by atoms with Crippen LogP contribution in [0.25, 0.3) is 0 Å². The first-order valence-electron chi connectivity index (χ1n) is 5.49. The van der Waals surface area contributed by atoms with Gasteiger partial charge in [0.1, 0.15) is 0 Å². The first kappa shape index (κ1) is 11.0. The zero-order valence-corrected chi connectivity index (χ0v) is 10.6. The fourth-order valence-electron chi connectivity index (χ4n) is 1.93. The minimum absolute atomic E-state index is 0.637. The molecule has 1 aromatic carbocycles. The molecule has 15 heavy (non-hydrogen) atoms. The predicted octanol–water partition coefficient (Wildman–Crippen LogP) is 2.92. The maximum Gasteiger partial charge on any atom is 0.0485 e. The molecule has 0 spiro atoms. The third-order valence-electron chi connectivity index (χ3n) is 2.83. The lowest BCUT2D eigenvalue weighted by Crippen LogP contribution is -2.29. The number of hydrogen-bond acceptors (Lipinski definition) is 2. The van der Waals surface area contributed by atoms with Crippen LogP contribution in [0, 0.1) is 6.92 Å². The molecule has 82 valence electrons. The second kappa shape index (κ2) is 4.99. The maximum atomic E-state index is 3.57. The fraction of sp³-hybridized carbons (Fsp3) is 0.500. The van der Waals surface area contributed by atoms with Crippen molar-refractivity contribution in [3.63, 3.8) is 0 Å². The highest BCUT2D eigenvalue weighted by Crippen LogP contribution is 2.23. The van der Waals surface area contributed by atoms with Crippen molar-refractivity contribution in [2.24, 2.45) is 0 Å². The largest absolute Gasteiger partial charge is 0.383 e. The van der Waals surface area contributed by atoms with Gasteiger partial charge < -0.3 is 10.6 Å². The molecule has 0 radical (unpaired) electrons. The summed E-state index contributed by atoms with van der Waals surface area (Å²) in [4.78, 5) is 0. The van der Waals surface area contributed by atoms with Crippen molar-refractivity contribution in [2.75, 3.05) is 18.4 Å². The number of anilines is 1. The van der Waals surface area contributed by atoms with Gasteiger partial charge in [-0.1, -0.05) is 6.07 Å². The highest BCUT2D eigenvalue weighted by molar-refractivity contribution is 9.10. The van der Waals surface area contributed by atoms with Gasteiger partial charge in [-0.15, -0.1) is 0 Å². The Morgan fingerprint density at radius 2 is 2.40 bits per heavy atom. The van der Waals surface area contributed by atoms with E-state index in [1.807, 2.05) is 0 Å². The number of rotatable bonds is 3. The van der Waals surface area contributed by atoms with Crippen LogP contribution in [0.5, 0.6) is 0 Å². The molecule has 2 nitrogen and oxygen atoms in total. The van der Waals surface area contributed by atoms with Gasteiger partial charge in [0.2, 0.25) is 0 Å². The quantitative estimate of drug-likeness (QED) is 0.881. The first-order valence-corrected chi connectivity index (χ1v) is 6.28. The standard InChI is InChI=1S/C12H17BrN2/c1-9-4-5-12(11(13)7-9)15-8-10-3-2-6-14-10/h4-5,7,10,14-15H,2-3,6,8H2,1H3/t10-/m0/s1. The Kier molecular flexibility index (Phi) is 3.65. The Balaban J connectivity index is 1.92. The Morgan fingerprint density at radius 3 is 3.07 bits per heavy atom. The van der Waals surface area contributed by atoms with E-state index in [1.54, 1.807) is 0 Å². The van der Waals surface area contributed by atoms with Crippen LogP contribution in [0.1, 0.15) is 18.4 Å². The van der Waals surface area contributed by atoms with Crippen LogP contribution in [-0.2, 0) is 0 Å². The minimum Gasteiger partial charge on any atom is -0.383 e. The highest BCUT2D eigenvalue weighted by atomic mass is 79.9. The summed E-state index contributed by atoms with van der Waals surface area (Å²) in [6.45, 7) is 4.29. The molecule has 1 heterocycles. The lowest BCUT2D eigenvalue weighted by Gasteiger charge is -2.14. The number of hydrogen-bond donors (Lipinski definition) is 2. The van der Waals surface area contributed by atoms with Crippen molar-refractivity contribution in [1.29, 1.82) is 0 Å². The van der Waals surface area contributed by atoms with E-state index in [9.17, 15) is 0 Å². The maximum absolute atomic E-state index is 3.57. The SMILES string of the molecule is Cc1ccc(NC[C@@H]2CCCN2)c(Br)c1. The van der Waals surface area contributed by atoms with Crippen molar-refractivity contribution in [1.82, 2.24) is 5.32 Å². The average Bonchev–Trinajstić information content (AvgIpc) is 2.69. The van der Waals surface area contributed by atoms with Crippen molar-refractivity contribution in [2.45, 2.75) is 25.8 Å². The normalized spacial score (nSPS) is 20.5. The fourth-order valence-corrected chi connectivity index (χ4v) is 2.56. The molecule has 1 aromatic rings. The molecule has 2 N–H and O–H groups in total. The topological polar surface area (TPSA) is 24.1 Å². The van der Waals surface area contributed by atoms with Crippen LogP contribution >= 0.6 is 15.9 Å². The molecule has 3 heteroatoms. The molecule has 0 bridgehead atoms. The molecule has 1 saturated heterocycles. The van der Waals surface area contributed by atoms with Gasteiger partial charge in [0.15, 0.2) is 0 Å². The van der Waals surface area contributed by atoms with Crippen molar-refractivity contribution in [3.05, 3.63) is 28.2 Å². The third-order valence-corrected chi connectivity index (χ3v) is 3.48. The van der Waals surface area contributed by atoms with E-state index in [0.29, 0.717) is 6.04 Å². The lowest BCUT2D eigenvalue weighted by atomic mass is 10.2. The summed E-state index contributed by atoms with van der Waals surface area (Å²) in [6, 6.07) is 7.05. The zero-order chi connectivity index (χ0) is 10.7. The second-order valence-electron chi connectivity index (χ2n) is 4.16. The van der Waals surface area contributed by atoms with E-state index in [4.69, 9.17) is 0 Å².